The summed E-state index contributed by atoms with van der Waals surface area (Å²) in [7, 11) is 0. The molecule has 2 aliphatic rings. The van der Waals surface area contributed by atoms with Crippen molar-refractivity contribution in [3.63, 3.8) is 0 Å². The minimum Gasteiger partial charge on any atom is -0.368 e. The SMILES string of the molecule is CC1(C)O[C@H]2O[C@H](CC#N)[C@H](OCc3ccccc3)[C@H]2O1. The molecule has 112 valence electrons. The van der Waals surface area contributed by atoms with Crippen LogP contribution in [0.15, 0.2) is 30.3 Å². The third-order valence-electron chi connectivity index (χ3n) is 3.67. The highest BCUT2D eigenvalue weighted by Gasteiger charge is 2.55. The highest BCUT2D eigenvalue weighted by atomic mass is 16.8. The van der Waals surface area contributed by atoms with Crippen LogP contribution < -0.4 is 0 Å². The smallest absolute Gasteiger partial charge is 0.190 e. The maximum Gasteiger partial charge on any atom is 0.190 e. The van der Waals surface area contributed by atoms with Gasteiger partial charge in [0.25, 0.3) is 0 Å². The highest BCUT2D eigenvalue weighted by Crippen LogP contribution is 2.39. The molecule has 0 saturated carbocycles. The van der Waals surface area contributed by atoms with Crippen LogP contribution in [0.25, 0.3) is 0 Å². The second-order valence-electron chi connectivity index (χ2n) is 5.77. The van der Waals surface area contributed by atoms with E-state index in [4.69, 9.17) is 24.2 Å². The van der Waals surface area contributed by atoms with E-state index in [1.807, 2.05) is 44.2 Å². The van der Waals surface area contributed by atoms with Crippen LogP contribution in [0.5, 0.6) is 0 Å². The molecule has 0 N–H and O–H groups in total. The van der Waals surface area contributed by atoms with Crippen LogP contribution in [0.3, 0.4) is 0 Å². The van der Waals surface area contributed by atoms with E-state index in [9.17, 15) is 0 Å². The number of rotatable bonds is 4. The third-order valence-corrected chi connectivity index (χ3v) is 3.67. The van der Waals surface area contributed by atoms with Gasteiger partial charge in [-0.1, -0.05) is 30.3 Å². The van der Waals surface area contributed by atoms with E-state index in [-0.39, 0.29) is 24.7 Å². The highest BCUT2D eigenvalue weighted by molar-refractivity contribution is 5.13. The Morgan fingerprint density at radius 2 is 2.00 bits per heavy atom. The summed E-state index contributed by atoms with van der Waals surface area (Å²) in [5.74, 6) is -0.679. The van der Waals surface area contributed by atoms with E-state index >= 15 is 0 Å². The Hall–Kier alpha value is -1.45. The van der Waals surface area contributed by atoms with Crippen LogP contribution in [0.4, 0.5) is 0 Å². The first-order chi connectivity index (χ1) is 10.1. The zero-order chi connectivity index (χ0) is 14.9. The summed E-state index contributed by atoms with van der Waals surface area (Å²) >= 11 is 0. The number of hydrogen-bond donors (Lipinski definition) is 0. The molecule has 4 atom stereocenters. The standard InChI is InChI=1S/C16H19NO4/c1-16(2)20-14-13(12(8-9-17)19-15(14)21-16)18-10-11-6-4-3-5-7-11/h3-7,12-15H,8,10H2,1-2H3/t12-,13+,14-,15-/m1/s1. The molecule has 0 aromatic heterocycles. The van der Waals surface area contributed by atoms with Crippen LogP contribution in [-0.4, -0.2) is 30.4 Å². The van der Waals surface area contributed by atoms with Crippen molar-refractivity contribution in [2.75, 3.05) is 0 Å². The van der Waals surface area contributed by atoms with Gasteiger partial charge in [0.05, 0.1) is 19.1 Å². The Balaban J connectivity index is 1.69. The summed E-state index contributed by atoms with van der Waals surface area (Å²) in [5, 5.41) is 8.93. The molecule has 3 rings (SSSR count). The third kappa shape index (κ3) is 3.09. The molecule has 21 heavy (non-hydrogen) atoms. The molecule has 2 heterocycles. The van der Waals surface area contributed by atoms with Crippen molar-refractivity contribution in [1.82, 2.24) is 0 Å². The van der Waals surface area contributed by atoms with E-state index in [0.29, 0.717) is 6.61 Å². The number of benzene rings is 1. The Kier molecular flexibility index (Phi) is 3.96. The molecule has 0 amide bonds. The molecule has 0 spiro atoms. The Morgan fingerprint density at radius 3 is 2.71 bits per heavy atom. The maximum atomic E-state index is 8.93. The molecule has 2 fully saturated rings. The lowest BCUT2D eigenvalue weighted by molar-refractivity contribution is -0.218. The predicted molar refractivity (Wildman–Crippen MR) is 73.9 cm³/mol. The molecule has 0 bridgehead atoms. The number of nitriles is 1. The van der Waals surface area contributed by atoms with Gasteiger partial charge in [0.1, 0.15) is 18.3 Å². The molecule has 0 radical (unpaired) electrons. The molecule has 1 aromatic carbocycles. The van der Waals surface area contributed by atoms with Crippen LogP contribution >= 0.6 is 0 Å². The second-order valence-corrected chi connectivity index (χ2v) is 5.77. The molecule has 5 nitrogen and oxygen atoms in total. The van der Waals surface area contributed by atoms with Crippen molar-refractivity contribution in [1.29, 1.82) is 5.26 Å². The lowest BCUT2D eigenvalue weighted by Gasteiger charge is -2.24. The average Bonchev–Trinajstić information content (AvgIpc) is 2.90. The normalized spacial score (nSPS) is 33.6. The largest absolute Gasteiger partial charge is 0.368 e. The van der Waals surface area contributed by atoms with Gasteiger partial charge in [-0.15, -0.1) is 0 Å². The van der Waals surface area contributed by atoms with Crippen molar-refractivity contribution in [3.8, 4) is 6.07 Å². The lowest BCUT2D eigenvalue weighted by Crippen LogP contribution is -2.36. The molecule has 0 aliphatic carbocycles. The number of hydrogen-bond acceptors (Lipinski definition) is 5. The Bertz CT molecular complexity index is 525. The van der Waals surface area contributed by atoms with E-state index in [0.717, 1.165) is 5.56 Å². The van der Waals surface area contributed by atoms with Crippen molar-refractivity contribution < 1.29 is 18.9 Å². The van der Waals surface area contributed by atoms with Gasteiger partial charge in [-0.2, -0.15) is 5.26 Å². The zero-order valence-corrected chi connectivity index (χ0v) is 12.2. The first kappa shape index (κ1) is 14.5. The van der Waals surface area contributed by atoms with Gasteiger partial charge in [0, 0.05) is 0 Å². The van der Waals surface area contributed by atoms with Crippen LogP contribution in [0.1, 0.15) is 25.8 Å². The minimum absolute atomic E-state index is 0.263. The number of ether oxygens (including phenoxy) is 4. The summed E-state index contributed by atoms with van der Waals surface area (Å²) < 4.78 is 23.3. The van der Waals surface area contributed by atoms with Gasteiger partial charge in [0.2, 0.25) is 0 Å². The van der Waals surface area contributed by atoms with Crippen LogP contribution in [0, 0.1) is 11.3 Å². The molecular formula is C16H19NO4. The predicted octanol–water partition coefficient (Wildman–Crippen LogP) is 2.36. The van der Waals surface area contributed by atoms with Crippen LogP contribution in [0.2, 0.25) is 0 Å². The summed E-state index contributed by atoms with van der Waals surface area (Å²) in [4.78, 5) is 0. The first-order valence-electron chi connectivity index (χ1n) is 7.13. The molecule has 2 aliphatic heterocycles. The van der Waals surface area contributed by atoms with Crippen molar-refractivity contribution in [2.24, 2.45) is 0 Å². The molecule has 5 heteroatoms. The van der Waals surface area contributed by atoms with Gasteiger partial charge < -0.3 is 18.9 Å². The van der Waals surface area contributed by atoms with E-state index in [1.54, 1.807) is 0 Å². The van der Waals surface area contributed by atoms with Gasteiger partial charge in [-0.25, -0.2) is 0 Å². The van der Waals surface area contributed by atoms with Crippen LogP contribution in [-0.2, 0) is 25.6 Å². The summed E-state index contributed by atoms with van der Waals surface area (Å²) in [6.07, 6.45) is -1.10. The summed E-state index contributed by atoms with van der Waals surface area (Å²) in [6, 6.07) is 12.0. The average molecular weight is 289 g/mol. The second kappa shape index (κ2) is 5.74. The molecular weight excluding hydrogens is 270 g/mol. The first-order valence-corrected chi connectivity index (χ1v) is 7.13. The van der Waals surface area contributed by atoms with E-state index < -0.39 is 12.1 Å². The minimum atomic E-state index is -0.679. The number of nitrogens with zero attached hydrogens (tertiary/aromatic N) is 1. The van der Waals surface area contributed by atoms with Gasteiger partial charge in [-0.3, -0.25) is 0 Å². The fraction of sp³-hybridized carbons (Fsp3) is 0.562. The van der Waals surface area contributed by atoms with Crippen molar-refractivity contribution >= 4 is 0 Å². The maximum absolute atomic E-state index is 8.93. The van der Waals surface area contributed by atoms with Gasteiger partial charge in [0.15, 0.2) is 12.1 Å². The van der Waals surface area contributed by atoms with Gasteiger partial charge in [-0.05, 0) is 19.4 Å². The van der Waals surface area contributed by atoms with E-state index in [1.165, 1.54) is 0 Å². The van der Waals surface area contributed by atoms with Crippen molar-refractivity contribution in [2.45, 2.75) is 57.3 Å². The zero-order valence-electron chi connectivity index (χ0n) is 12.2. The topological polar surface area (TPSA) is 60.7 Å². The Labute approximate surface area is 124 Å². The molecule has 2 saturated heterocycles. The lowest BCUT2D eigenvalue weighted by atomic mass is 10.1. The monoisotopic (exact) mass is 289 g/mol. The fourth-order valence-corrected chi connectivity index (χ4v) is 2.77. The molecule has 0 unspecified atom stereocenters. The quantitative estimate of drug-likeness (QED) is 0.851. The number of fused-ring (bicyclic) bond motifs is 1. The van der Waals surface area contributed by atoms with Gasteiger partial charge >= 0.3 is 0 Å². The van der Waals surface area contributed by atoms with Crippen molar-refractivity contribution in [3.05, 3.63) is 35.9 Å². The summed E-state index contributed by atoms with van der Waals surface area (Å²) in [5.41, 5.74) is 1.08. The Morgan fingerprint density at radius 1 is 1.24 bits per heavy atom. The fourth-order valence-electron chi connectivity index (χ4n) is 2.77. The summed E-state index contributed by atoms with van der Waals surface area (Å²) in [6.45, 7) is 4.16. The molecule has 1 aromatic rings. The van der Waals surface area contributed by atoms with E-state index in [2.05, 4.69) is 6.07 Å².